The second-order valence-corrected chi connectivity index (χ2v) is 16.0. The summed E-state index contributed by atoms with van der Waals surface area (Å²) < 4.78 is 87.5. The highest BCUT2D eigenvalue weighted by atomic mass is 32.2. The van der Waals surface area contributed by atoms with Crippen molar-refractivity contribution in [2.24, 2.45) is 5.41 Å². The molecule has 5 aliphatic rings. The third-order valence-electron chi connectivity index (χ3n) is 11.4. The van der Waals surface area contributed by atoms with E-state index in [1.165, 1.54) is 30.3 Å². The van der Waals surface area contributed by atoms with Crippen LogP contribution in [0.25, 0.3) is 32.8 Å². The molecule has 2 unspecified atom stereocenters. The molecule has 0 amide bonds. The number of fused-ring (bicyclic) bond motifs is 6. The lowest BCUT2D eigenvalue weighted by atomic mass is 9.92. The fraction of sp³-hybridized carbons (Fsp3) is 0.514. The van der Waals surface area contributed by atoms with Gasteiger partial charge in [0.05, 0.1) is 19.3 Å². The van der Waals surface area contributed by atoms with Gasteiger partial charge in [0.25, 0.3) is 0 Å². The Morgan fingerprint density at radius 3 is 2.53 bits per heavy atom. The van der Waals surface area contributed by atoms with Crippen molar-refractivity contribution in [3.8, 4) is 22.9 Å². The van der Waals surface area contributed by atoms with Crippen LogP contribution in [0.1, 0.15) is 44.6 Å². The number of hydrogen-bond donors (Lipinski definition) is 2. The number of morpholine rings is 1. The van der Waals surface area contributed by atoms with Gasteiger partial charge in [0.2, 0.25) is 0 Å². The highest BCUT2D eigenvalue weighted by Gasteiger charge is 2.49. The molecule has 2 N–H and O–H groups in total. The Morgan fingerprint density at radius 1 is 1.08 bits per heavy atom. The number of piperazine rings is 1. The van der Waals surface area contributed by atoms with E-state index in [9.17, 15) is 18.3 Å². The van der Waals surface area contributed by atoms with Crippen LogP contribution in [0.5, 0.6) is 11.8 Å². The van der Waals surface area contributed by atoms with Crippen LogP contribution in [0.4, 0.5) is 27.8 Å². The van der Waals surface area contributed by atoms with Gasteiger partial charge < -0.3 is 24.8 Å². The molecule has 4 atom stereocenters. The fourth-order valence-electron chi connectivity index (χ4n) is 8.79. The topological polar surface area (TPSA) is 83.0 Å². The average molecular weight is 728 g/mol. The zero-order valence-corrected chi connectivity index (χ0v) is 28.8. The number of aromatic nitrogens is 2. The van der Waals surface area contributed by atoms with Crippen LogP contribution in [-0.2, 0) is 11.2 Å². The number of phenolic OH excluding ortho intramolecular Hbond substituents is 1. The molecule has 0 spiro atoms. The number of hydrogen-bond acceptors (Lipinski definition) is 9. The average Bonchev–Trinajstić information content (AvgIpc) is 3.34. The molecule has 4 bridgehead atoms. The summed E-state index contributed by atoms with van der Waals surface area (Å²) in [4.78, 5) is 13.4. The van der Waals surface area contributed by atoms with E-state index in [0.29, 0.717) is 36.9 Å². The number of aryl methyl sites for hydroxylation is 1. The van der Waals surface area contributed by atoms with E-state index in [0.717, 1.165) is 51.8 Å². The number of halogens is 5. The van der Waals surface area contributed by atoms with E-state index in [1.807, 2.05) is 4.90 Å². The zero-order chi connectivity index (χ0) is 35.2. The summed E-state index contributed by atoms with van der Waals surface area (Å²) in [6.07, 6.45) is 5.36. The van der Waals surface area contributed by atoms with Gasteiger partial charge >= 0.3 is 11.5 Å². The van der Waals surface area contributed by atoms with Crippen molar-refractivity contribution in [2.45, 2.75) is 80.1 Å². The molecule has 3 aromatic carbocycles. The number of ether oxygens (including phenoxy) is 2. The molecule has 4 aliphatic heterocycles. The number of anilines is 1. The number of thioether (sulfide) groups is 1. The summed E-state index contributed by atoms with van der Waals surface area (Å²) >= 11 is -0.448. The molecule has 5 heterocycles. The highest BCUT2D eigenvalue weighted by molar-refractivity contribution is 8.00. The number of alkyl halides is 3. The standard InChI is InChI=1S/C37H38F5N5O3S/c1-2-25-28(38)6-3-19-9-23(48)11-26(30(19)25)31-29(51-37(40,41)42)12-27-33(32(31)39)44-35(45-34(27)46-13-20-4-5-21(14-46)43-20)50-18-36(7-8-36)17-47-15-24-10-22(47)16-49-24/h3,6,9,11-12,20-22,24,43,48H,2,4-5,7-8,10,13-18H2,1H3/t20?,21?,22-,24-/m0/s1. The van der Waals surface area contributed by atoms with Gasteiger partial charge in [-0.25, -0.2) is 8.78 Å². The molecule has 14 heteroatoms. The van der Waals surface area contributed by atoms with Gasteiger partial charge in [-0.2, -0.15) is 23.1 Å². The van der Waals surface area contributed by atoms with Crippen molar-refractivity contribution in [3.05, 3.63) is 47.5 Å². The lowest BCUT2D eigenvalue weighted by Gasteiger charge is -2.34. The first-order valence-corrected chi connectivity index (χ1v) is 18.5. The van der Waals surface area contributed by atoms with Gasteiger partial charge in [-0.3, -0.25) is 4.90 Å². The summed E-state index contributed by atoms with van der Waals surface area (Å²) in [5.74, 6) is -1.55. The quantitative estimate of drug-likeness (QED) is 0.138. The Kier molecular flexibility index (Phi) is 8.06. The summed E-state index contributed by atoms with van der Waals surface area (Å²) in [5.41, 5.74) is -5.30. The van der Waals surface area contributed by atoms with E-state index in [4.69, 9.17) is 14.5 Å². The number of nitrogens with zero attached hydrogens (tertiary/aromatic N) is 4. The molecule has 51 heavy (non-hydrogen) atoms. The minimum absolute atomic E-state index is 0.0388. The first-order valence-electron chi connectivity index (χ1n) is 17.7. The van der Waals surface area contributed by atoms with Crippen LogP contribution >= 0.6 is 11.8 Å². The predicted octanol–water partition coefficient (Wildman–Crippen LogP) is 7.18. The van der Waals surface area contributed by atoms with Crippen molar-refractivity contribution in [1.82, 2.24) is 20.2 Å². The van der Waals surface area contributed by atoms with Gasteiger partial charge in [0.15, 0.2) is 5.82 Å². The Morgan fingerprint density at radius 2 is 1.86 bits per heavy atom. The van der Waals surface area contributed by atoms with Crippen molar-refractivity contribution >= 4 is 39.3 Å². The van der Waals surface area contributed by atoms with E-state index in [2.05, 4.69) is 15.2 Å². The second kappa shape index (κ2) is 12.3. The molecule has 5 fully saturated rings. The highest BCUT2D eigenvalue weighted by Crippen LogP contribution is 2.50. The molecule has 1 aliphatic carbocycles. The van der Waals surface area contributed by atoms with E-state index in [-0.39, 0.29) is 69.2 Å². The Labute approximate surface area is 295 Å². The van der Waals surface area contributed by atoms with Gasteiger partial charge in [-0.05, 0) is 96.5 Å². The summed E-state index contributed by atoms with van der Waals surface area (Å²) in [6, 6.07) is 7.27. The molecule has 4 saturated heterocycles. The van der Waals surface area contributed by atoms with Gasteiger partial charge in [0.1, 0.15) is 22.9 Å². The fourth-order valence-corrected chi connectivity index (χ4v) is 9.52. The maximum atomic E-state index is 17.4. The van der Waals surface area contributed by atoms with E-state index < -0.39 is 39.4 Å². The third kappa shape index (κ3) is 6.15. The molecule has 1 saturated carbocycles. The summed E-state index contributed by atoms with van der Waals surface area (Å²) in [7, 11) is 0. The van der Waals surface area contributed by atoms with Crippen LogP contribution in [0.3, 0.4) is 0 Å². The third-order valence-corrected chi connectivity index (χ3v) is 12.2. The summed E-state index contributed by atoms with van der Waals surface area (Å²) in [6.45, 7) is 5.63. The molecule has 0 radical (unpaired) electrons. The number of likely N-dealkylation sites (tertiary alicyclic amines) is 1. The molecule has 270 valence electrons. The molecular formula is C37H38F5N5O3S. The Hall–Kier alpha value is -3.46. The predicted molar refractivity (Wildman–Crippen MR) is 184 cm³/mol. The maximum Gasteiger partial charge on any atom is 0.446 e. The van der Waals surface area contributed by atoms with Gasteiger partial charge in [0, 0.05) is 65.6 Å². The molecule has 1 aromatic heterocycles. The smallest absolute Gasteiger partial charge is 0.446 e. The summed E-state index contributed by atoms with van der Waals surface area (Å²) in [5, 5.41) is 15.0. The lowest BCUT2D eigenvalue weighted by Crippen LogP contribution is -2.51. The molecule has 9 rings (SSSR count). The zero-order valence-electron chi connectivity index (χ0n) is 28.0. The van der Waals surface area contributed by atoms with Crippen molar-refractivity contribution in [2.75, 3.05) is 44.3 Å². The van der Waals surface area contributed by atoms with Gasteiger partial charge in [-0.1, -0.05) is 13.0 Å². The first-order chi connectivity index (χ1) is 24.5. The maximum absolute atomic E-state index is 17.4. The van der Waals surface area contributed by atoms with Crippen LogP contribution in [-0.4, -0.2) is 89.1 Å². The van der Waals surface area contributed by atoms with Crippen molar-refractivity contribution in [3.63, 3.8) is 0 Å². The van der Waals surface area contributed by atoms with Crippen LogP contribution in [0, 0.1) is 17.0 Å². The van der Waals surface area contributed by atoms with Crippen molar-refractivity contribution < 1.29 is 36.5 Å². The Balaban J connectivity index is 1.19. The minimum atomic E-state index is -4.78. The van der Waals surface area contributed by atoms with Crippen molar-refractivity contribution in [1.29, 1.82) is 0 Å². The number of phenols is 1. The Bertz CT molecular complexity index is 2030. The van der Waals surface area contributed by atoms with Crippen LogP contribution < -0.4 is 15.0 Å². The second-order valence-electron chi connectivity index (χ2n) is 14.9. The number of rotatable bonds is 9. The largest absolute Gasteiger partial charge is 0.508 e. The van der Waals surface area contributed by atoms with Crippen LogP contribution in [0.15, 0.2) is 35.2 Å². The first kappa shape index (κ1) is 33.4. The normalized spacial score (nSPS) is 25.4. The lowest BCUT2D eigenvalue weighted by molar-refractivity contribution is -0.0328. The monoisotopic (exact) mass is 727 g/mol. The number of nitrogens with one attached hydrogen (secondary N) is 1. The minimum Gasteiger partial charge on any atom is -0.508 e. The van der Waals surface area contributed by atoms with E-state index >= 15 is 8.78 Å². The van der Waals surface area contributed by atoms with Gasteiger partial charge in [-0.15, -0.1) is 0 Å². The number of aromatic hydroxyl groups is 1. The molecule has 4 aromatic rings. The molecular weight excluding hydrogens is 689 g/mol. The van der Waals surface area contributed by atoms with Crippen LogP contribution in [0.2, 0.25) is 0 Å². The SMILES string of the molecule is CCc1c(F)ccc2cc(O)cc(-c3c(SC(F)(F)F)cc4c(N5CC6CCC(C5)N6)nc(OCC5(CN6C[C@@H]7C[C@H]6CO7)CC5)nc4c3F)c12. The molecule has 8 nitrogen and oxygen atoms in total. The van der Waals surface area contributed by atoms with E-state index in [1.54, 1.807) is 6.92 Å². The number of benzene rings is 3.